The number of benzene rings is 3. The summed E-state index contributed by atoms with van der Waals surface area (Å²) in [5.74, 6) is -3.59. The number of rotatable bonds is 15. The molecule has 288 valence electrons. The van der Waals surface area contributed by atoms with E-state index in [1.165, 1.54) is 27.7 Å². The molecule has 0 aliphatic heterocycles. The summed E-state index contributed by atoms with van der Waals surface area (Å²) in [5.41, 5.74) is 4.51. The van der Waals surface area contributed by atoms with Crippen molar-refractivity contribution in [1.82, 2.24) is 26.6 Å². The minimum atomic E-state index is -1.27. The quantitative estimate of drug-likeness (QED) is 0.135. The number of fused-ring (bicyclic) bond motifs is 3. The summed E-state index contributed by atoms with van der Waals surface area (Å²) < 4.78 is 11.3. The van der Waals surface area contributed by atoms with Gasteiger partial charge in [-0.05, 0) is 88.4 Å². The number of hydrogen-bond acceptors (Lipinski definition) is 8. The molecular formula is C40H49N5O9. The third kappa shape index (κ3) is 11.0. The van der Waals surface area contributed by atoms with Crippen LogP contribution >= 0.6 is 0 Å². The molecule has 0 unspecified atom stereocenters. The highest BCUT2D eigenvalue weighted by molar-refractivity contribution is 5.95. The lowest BCUT2D eigenvalue weighted by molar-refractivity contribution is -0.142. The first-order valence-electron chi connectivity index (χ1n) is 17.8. The van der Waals surface area contributed by atoms with Gasteiger partial charge in [-0.25, -0.2) is 9.59 Å². The van der Waals surface area contributed by atoms with Crippen LogP contribution in [0.25, 0.3) is 11.1 Å². The molecule has 5 atom stereocenters. The first-order chi connectivity index (χ1) is 25.4. The Morgan fingerprint density at radius 3 is 1.50 bits per heavy atom. The van der Waals surface area contributed by atoms with E-state index in [2.05, 4.69) is 26.6 Å². The van der Waals surface area contributed by atoms with Gasteiger partial charge >= 0.3 is 12.1 Å². The molecule has 6 N–H and O–H groups in total. The second-order valence-electron chi connectivity index (χ2n) is 14.3. The molecule has 0 fully saturated rings. The second kappa shape index (κ2) is 17.7. The number of nitrogens with one attached hydrogen (secondary N) is 5. The summed E-state index contributed by atoms with van der Waals surface area (Å²) in [7, 11) is 0. The van der Waals surface area contributed by atoms with Gasteiger partial charge in [0.15, 0.2) is 0 Å². The molecule has 14 heteroatoms. The van der Waals surface area contributed by atoms with Gasteiger partial charge in [0.05, 0.1) is 0 Å². The molecule has 0 radical (unpaired) electrons. The van der Waals surface area contributed by atoms with E-state index in [0.717, 1.165) is 22.3 Å². The Kier molecular flexibility index (Phi) is 13.4. The fraction of sp³-hybridized carbons (Fsp3) is 0.400. The van der Waals surface area contributed by atoms with Crippen LogP contribution in [0, 0.1) is 0 Å². The van der Waals surface area contributed by atoms with Gasteiger partial charge in [-0.1, -0.05) is 60.7 Å². The third-order valence-corrected chi connectivity index (χ3v) is 8.73. The lowest BCUT2D eigenvalue weighted by atomic mass is 9.98. The van der Waals surface area contributed by atoms with Crippen LogP contribution in [0.3, 0.4) is 0 Å². The lowest BCUT2D eigenvalue weighted by Gasteiger charge is -2.23. The van der Waals surface area contributed by atoms with E-state index in [1.807, 2.05) is 69.3 Å². The van der Waals surface area contributed by atoms with E-state index in [0.29, 0.717) is 11.3 Å². The van der Waals surface area contributed by atoms with Gasteiger partial charge in [-0.2, -0.15) is 0 Å². The van der Waals surface area contributed by atoms with Crippen LogP contribution in [0.15, 0.2) is 72.8 Å². The molecular weight excluding hydrogens is 694 g/mol. The van der Waals surface area contributed by atoms with Gasteiger partial charge in [0.1, 0.15) is 48.2 Å². The Morgan fingerprint density at radius 2 is 1.06 bits per heavy atom. The lowest BCUT2D eigenvalue weighted by Crippen LogP contribution is -2.57. The van der Waals surface area contributed by atoms with E-state index in [9.17, 15) is 33.9 Å². The zero-order chi connectivity index (χ0) is 39.7. The number of carbonyl (C=O) groups excluding carboxylic acids is 5. The van der Waals surface area contributed by atoms with Crippen molar-refractivity contribution in [1.29, 1.82) is 0 Å². The third-order valence-electron chi connectivity index (χ3n) is 8.73. The summed E-state index contributed by atoms with van der Waals surface area (Å²) >= 11 is 0. The minimum Gasteiger partial charge on any atom is -0.488 e. The molecule has 3 aromatic carbocycles. The summed E-state index contributed by atoms with van der Waals surface area (Å²) in [6.07, 6.45) is -0.803. The van der Waals surface area contributed by atoms with Gasteiger partial charge in [0, 0.05) is 12.3 Å². The second-order valence-corrected chi connectivity index (χ2v) is 14.3. The first kappa shape index (κ1) is 40.8. The van der Waals surface area contributed by atoms with Gasteiger partial charge < -0.3 is 41.2 Å². The minimum absolute atomic E-state index is 0.00651. The maximum absolute atomic E-state index is 12.8. The monoisotopic (exact) mass is 743 g/mol. The molecule has 1 aliphatic rings. The molecule has 3 aromatic rings. The molecule has 14 nitrogen and oxygen atoms in total. The number of alkyl carbamates (subject to hydrolysis) is 1. The summed E-state index contributed by atoms with van der Waals surface area (Å²) in [6.45, 7) is 11.4. The number of carbonyl (C=O) groups is 6. The van der Waals surface area contributed by atoms with Crippen LogP contribution < -0.4 is 31.3 Å². The Labute approximate surface area is 314 Å². The topological polar surface area (TPSA) is 201 Å². The fourth-order valence-electron chi connectivity index (χ4n) is 5.87. The number of amides is 5. The first-order valence-corrected chi connectivity index (χ1v) is 17.8. The molecule has 0 bridgehead atoms. The zero-order valence-electron chi connectivity index (χ0n) is 31.5. The Morgan fingerprint density at radius 1 is 0.630 bits per heavy atom. The van der Waals surface area contributed by atoms with E-state index in [1.54, 1.807) is 24.3 Å². The van der Waals surface area contributed by atoms with Crippen molar-refractivity contribution in [3.63, 3.8) is 0 Å². The normalized spacial score (nSPS) is 14.8. The highest BCUT2D eigenvalue weighted by atomic mass is 16.5. The van der Waals surface area contributed by atoms with Crippen LogP contribution in [0.4, 0.5) is 4.79 Å². The van der Waals surface area contributed by atoms with E-state index >= 15 is 0 Å². The molecule has 54 heavy (non-hydrogen) atoms. The predicted molar refractivity (Wildman–Crippen MR) is 201 cm³/mol. The van der Waals surface area contributed by atoms with Gasteiger partial charge in [-0.15, -0.1) is 0 Å². The van der Waals surface area contributed by atoms with Crippen LogP contribution in [0.2, 0.25) is 0 Å². The van der Waals surface area contributed by atoms with E-state index in [4.69, 9.17) is 9.47 Å². The average molecular weight is 744 g/mol. The SMILES string of the molecule is C[C@H](NC(=O)OCC1c2ccccc2-c2ccccc21)C(=O)N[C@@H](C)C(=O)N[C@@H](C)C(=O)N[C@@H](C)C(=O)N[C@@H](Cc1ccc(OC(C)(C)C)cc1)C(=O)O. The maximum atomic E-state index is 12.8. The van der Waals surface area contributed by atoms with Crippen molar-refractivity contribution < 1.29 is 43.3 Å². The summed E-state index contributed by atoms with van der Waals surface area (Å²) in [5, 5.41) is 22.1. The van der Waals surface area contributed by atoms with Gasteiger partial charge in [-0.3, -0.25) is 19.2 Å². The van der Waals surface area contributed by atoms with Crippen LogP contribution in [0.5, 0.6) is 5.75 Å². The van der Waals surface area contributed by atoms with Gasteiger partial charge in [0.25, 0.3) is 0 Å². The van der Waals surface area contributed by atoms with E-state index in [-0.39, 0.29) is 18.9 Å². The zero-order valence-corrected chi connectivity index (χ0v) is 31.5. The standard InChI is InChI=1S/C40H49N5O9/c1-22(35(47)43-24(3)37(49)45-33(38(50)51)20-26-16-18-27(19-17-26)54-40(5,6)7)41-34(46)23(2)42-36(48)25(4)44-39(52)53-21-32-30-14-10-8-12-28(30)29-13-9-11-15-31(29)32/h8-19,22-25,32-33H,20-21H2,1-7H3,(H,41,46)(H,42,48)(H,43,47)(H,44,52)(H,45,49)(H,50,51)/t22-,23-,24-,25-,33-/m0/s1. The number of carboxylic acids is 1. The Hall–Kier alpha value is -5.92. The van der Waals surface area contributed by atoms with Crippen molar-refractivity contribution in [2.75, 3.05) is 6.61 Å². The highest BCUT2D eigenvalue weighted by Gasteiger charge is 2.31. The fourth-order valence-corrected chi connectivity index (χ4v) is 5.87. The van der Waals surface area contributed by atoms with Crippen molar-refractivity contribution in [2.24, 2.45) is 0 Å². The molecule has 0 aromatic heterocycles. The number of aliphatic carboxylic acids is 1. The highest BCUT2D eigenvalue weighted by Crippen LogP contribution is 2.44. The Balaban J connectivity index is 1.19. The smallest absolute Gasteiger partial charge is 0.407 e. The predicted octanol–water partition coefficient (Wildman–Crippen LogP) is 3.42. The summed E-state index contributed by atoms with van der Waals surface area (Å²) in [4.78, 5) is 75.8. The number of carboxylic acid groups (broad SMARTS) is 1. The number of ether oxygens (including phenoxy) is 2. The van der Waals surface area contributed by atoms with Crippen LogP contribution in [0.1, 0.15) is 71.1 Å². The van der Waals surface area contributed by atoms with Crippen LogP contribution in [-0.2, 0) is 35.1 Å². The maximum Gasteiger partial charge on any atom is 0.407 e. The molecule has 5 amide bonds. The molecule has 0 heterocycles. The largest absolute Gasteiger partial charge is 0.488 e. The number of hydrogen-bond donors (Lipinski definition) is 6. The van der Waals surface area contributed by atoms with Crippen molar-refractivity contribution >= 4 is 35.7 Å². The van der Waals surface area contributed by atoms with Crippen LogP contribution in [-0.4, -0.2) is 83.2 Å². The Bertz CT molecular complexity index is 1810. The molecule has 0 spiro atoms. The van der Waals surface area contributed by atoms with Gasteiger partial charge in [0.2, 0.25) is 23.6 Å². The van der Waals surface area contributed by atoms with Crippen molar-refractivity contribution in [3.05, 3.63) is 89.5 Å². The average Bonchev–Trinajstić information content (AvgIpc) is 3.43. The molecule has 1 aliphatic carbocycles. The van der Waals surface area contributed by atoms with Crippen molar-refractivity contribution in [3.8, 4) is 16.9 Å². The molecule has 4 rings (SSSR count). The molecule has 0 saturated heterocycles. The summed E-state index contributed by atoms with van der Waals surface area (Å²) in [6, 6.07) is 17.0. The van der Waals surface area contributed by atoms with E-state index < -0.39 is 71.5 Å². The van der Waals surface area contributed by atoms with Crippen molar-refractivity contribution in [2.45, 2.75) is 96.6 Å². The molecule has 0 saturated carbocycles.